The largest absolute Gasteiger partial charge is 0.353 e. The molecule has 2 N–H and O–H groups in total. The molecule has 6 nitrogen and oxygen atoms in total. The van der Waals surface area contributed by atoms with Crippen molar-refractivity contribution in [2.75, 3.05) is 12.0 Å². The van der Waals surface area contributed by atoms with Crippen molar-refractivity contribution in [2.24, 2.45) is 0 Å². The lowest BCUT2D eigenvalue weighted by atomic mass is 10.1. The molecule has 1 aliphatic heterocycles. The number of carbonyl (C=O) groups excluding carboxylic acids is 1. The van der Waals surface area contributed by atoms with Crippen molar-refractivity contribution in [3.05, 3.63) is 71.1 Å². The Kier molecular flexibility index (Phi) is 4.29. The Labute approximate surface area is 166 Å². The van der Waals surface area contributed by atoms with Gasteiger partial charge in [0.2, 0.25) is 5.52 Å². The predicted molar refractivity (Wildman–Crippen MR) is 109 cm³/mol. The van der Waals surface area contributed by atoms with E-state index in [-0.39, 0.29) is 12.1 Å². The maximum absolute atomic E-state index is 13.2. The molecule has 2 aromatic heterocycles. The standard InChI is InChI=1S/C21H19N5OS/c27-21(25-12-6-11-18(25)15-7-2-1-3-8-15)24-26-19-10-5-4-9-16(19)23-20(26)17-13-28-14-22-17/h1-5,7-10,13-14,18H,6,11-12H2,(H,24,27)/p+1. The van der Waals surface area contributed by atoms with Gasteiger partial charge in [0.25, 0.3) is 0 Å². The molecule has 2 aromatic carbocycles. The molecule has 7 heteroatoms. The molecule has 140 valence electrons. The van der Waals surface area contributed by atoms with Crippen LogP contribution in [0.3, 0.4) is 0 Å². The van der Waals surface area contributed by atoms with Gasteiger partial charge in [-0.2, -0.15) is 5.43 Å². The number of para-hydroxylation sites is 2. The van der Waals surface area contributed by atoms with E-state index in [1.54, 1.807) is 5.51 Å². The highest BCUT2D eigenvalue weighted by molar-refractivity contribution is 7.07. The Bertz CT molecular complexity index is 1110. The van der Waals surface area contributed by atoms with Crippen LogP contribution in [0, 0.1) is 0 Å². The zero-order chi connectivity index (χ0) is 18.9. The van der Waals surface area contributed by atoms with E-state index in [2.05, 4.69) is 27.5 Å². The molecule has 2 amide bonds. The molecule has 0 saturated carbocycles. The molecule has 0 aliphatic carbocycles. The number of rotatable bonds is 3. The van der Waals surface area contributed by atoms with E-state index in [4.69, 9.17) is 0 Å². The molecule has 1 aliphatic rings. The summed E-state index contributed by atoms with van der Waals surface area (Å²) in [7, 11) is 0. The maximum atomic E-state index is 13.2. The van der Waals surface area contributed by atoms with Crippen molar-refractivity contribution in [3.8, 4) is 11.5 Å². The van der Waals surface area contributed by atoms with Crippen LogP contribution in [0.1, 0.15) is 24.4 Å². The van der Waals surface area contributed by atoms with Crippen LogP contribution in [-0.2, 0) is 0 Å². The monoisotopic (exact) mass is 390 g/mol. The Hall–Kier alpha value is -3.19. The molecule has 28 heavy (non-hydrogen) atoms. The number of aromatic amines is 1. The first-order chi connectivity index (χ1) is 13.8. The third-order valence-electron chi connectivity index (χ3n) is 5.20. The van der Waals surface area contributed by atoms with Gasteiger partial charge in [0.05, 0.1) is 11.6 Å². The Morgan fingerprint density at radius 1 is 1.18 bits per heavy atom. The van der Waals surface area contributed by atoms with Crippen molar-refractivity contribution in [1.29, 1.82) is 0 Å². The van der Waals surface area contributed by atoms with E-state index in [1.165, 1.54) is 16.9 Å². The third-order valence-corrected chi connectivity index (χ3v) is 5.79. The quantitative estimate of drug-likeness (QED) is 0.518. The second-order valence-electron chi connectivity index (χ2n) is 6.88. The summed E-state index contributed by atoms with van der Waals surface area (Å²) in [6.45, 7) is 0.750. The van der Waals surface area contributed by atoms with Crippen LogP contribution in [-0.4, -0.2) is 27.4 Å². The van der Waals surface area contributed by atoms with Gasteiger partial charge in [-0.3, -0.25) is 0 Å². The van der Waals surface area contributed by atoms with Gasteiger partial charge in [-0.1, -0.05) is 42.5 Å². The average molecular weight is 390 g/mol. The summed E-state index contributed by atoms with van der Waals surface area (Å²) >= 11 is 1.53. The zero-order valence-electron chi connectivity index (χ0n) is 15.2. The van der Waals surface area contributed by atoms with Gasteiger partial charge in [-0.05, 0) is 30.5 Å². The minimum Gasteiger partial charge on any atom is -0.315 e. The van der Waals surface area contributed by atoms with Crippen molar-refractivity contribution < 1.29 is 9.47 Å². The summed E-state index contributed by atoms with van der Waals surface area (Å²) in [5.41, 5.74) is 8.74. The van der Waals surface area contributed by atoms with Crippen LogP contribution < -0.4 is 10.1 Å². The van der Waals surface area contributed by atoms with Crippen LogP contribution in [0.5, 0.6) is 0 Å². The summed E-state index contributed by atoms with van der Waals surface area (Å²) in [6.07, 6.45) is 1.99. The lowest BCUT2D eigenvalue weighted by Gasteiger charge is -2.24. The SMILES string of the molecule is O=C(N[n+]1c(-c2cscn2)[nH]c2ccccc21)N1CCCC1c1ccccc1. The number of urea groups is 1. The Morgan fingerprint density at radius 2 is 2.00 bits per heavy atom. The van der Waals surface area contributed by atoms with Crippen molar-refractivity contribution in [1.82, 2.24) is 14.9 Å². The summed E-state index contributed by atoms with van der Waals surface area (Å²) in [4.78, 5) is 22.9. The maximum Gasteiger partial charge on any atom is 0.353 e. The number of H-pyrrole nitrogens is 1. The topological polar surface area (TPSA) is 64.9 Å². The van der Waals surface area contributed by atoms with E-state index in [1.807, 2.05) is 57.4 Å². The van der Waals surface area contributed by atoms with Gasteiger partial charge in [0.15, 0.2) is 11.2 Å². The van der Waals surface area contributed by atoms with Crippen molar-refractivity contribution in [2.45, 2.75) is 18.9 Å². The molecule has 0 bridgehead atoms. The second kappa shape index (κ2) is 7.09. The van der Waals surface area contributed by atoms with Crippen LogP contribution >= 0.6 is 11.3 Å². The molecule has 0 spiro atoms. The number of fused-ring (bicyclic) bond motifs is 1. The molecule has 1 fully saturated rings. The summed E-state index contributed by atoms with van der Waals surface area (Å²) in [5.74, 6) is 0.770. The molecule has 4 aromatic rings. The van der Waals surface area contributed by atoms with Gasteiger partial charge < -0.3 is 4.90 Å². The van der Waals surface area contributed by atoms with E-state index in [9.17, 15) is 4.79 Å². The number of benzene rings is 2. The number of imidazole rings is 1. The van der Waals surface area contributed by atoms with Gasteiger partial charge in [-0.25, -0.2) is 14.8 Å². The average Bonchev–Trinajstić information content (AvgIpc) is 3.48. The minimum atomic E-state index is -0.0995. The number of aromatic nitrogens is 3. The number of thiazole rings is 1. The van der Waals surface area contributed by atoms with Crippen LogP contribution in [0.15, 0.2) is 65.5 Å². The fourth-order valence-electron chi connectivity index (χ4n) is 3.89. The summed E-state index contributed by atoms with van der Waals surface area (Å²) in [6, 6.07) is 18.2. The van der Waals surface area contributed by atoms with Crippen LogP contribution in [0.4, 0.5) is 4.79 Å². The lowest BCUT2D eigenvalue weighted by Crippen LogP contribution is -2.53. The van der Waals surface area contributed by atoms with Gasteiger partial charge in [0.1, 0.15) is 0 Å². The van der Waals surface area contributed by atoms with Gasteiger partial charge in [-0.15, -0.1) is 16.0 Å². The number of hydrogen-bond acceptors (Lipinski definition) is 3. The predicted octanol–water partition coefficient (Wildman–Crippen LogP) is 4.08. The minimum absolute atomic E-state index is 0.0995. The van der Waals surface area contributed by atoms with Crippen LogP contribution in [0.25, 0.3) is 22.6 Å². The molecule has 1 unspecified atom stereocenters. The lowest BCUT2D eigenvalue weighted by molar-refractivity contribution is -0.603. The van der Waals surface area contributed by atoms with E-state index >= 15 is 0 Å². The number of amides is 2. The Morgan fingerprint density at radius 3 is 2.82 bits per heavy atom. The van der Waals surface area contributed by atoms with Crippen LogP contribution in [0.2, 0.25) is 0 Å². The van der Waals surface area contributed by atoms with Crippen molar-refractivity contribution >= 4 is 28.4 Å². The number of carbonyl (C=O) groups is 1. The fraction of sp³-hybridized carbons (Fsp3) is 0.190. The van der Waals surface area contributed by atoms with E-state index in [0.29, 0.717) is 0 Å². The first-order valence-corrected chi connectivity index (χ1v) is 10.3. The molecular weight excluding hydrogens is 370 g/mol. The number of nitrogens with zero attached hydrogens (tertiary/aromatic N) is 3. The zero-order valence-corrected chi connectivity index (χ0v) is 16.0. The molecule has 0 radical (unpaired) electrons. The first kappa shape index (κ1) is 16.9. The van der Waals surface area contributed by atoms with Gasteiger partial charge in [0, 0.05) is 11.9 Å². The number of likely N-dealkylation sites (tertiary alicyclic amines) is 1. The number of nitrogens with one attached hydrogen (secondary N) is 2. The molecular formula is C21H20N5OS+. The second-order valence-corrected chi connectivity index (χ2v) is 7.60. The molecule has 1 atom stereocenters. The molecule has 5 rings (SSSR count). The van der Waals surface area contributed by atoms with E-state index < -0.39 is 0 Å². The van der Waals surface area contributed by atoms with Crippen molar-refractivity contribution in [3.63, 3.8) is 0 Å². The summed E-state index contributed by atoms with van der Waals surface area (Å²) < 4.78 is 1.81. The normalized spacial score (nSPS) is 16.6. The van der Waals surface area contributed by atoms with Gasteiger partial charge >= 0.3 is 11.9 Å². The number of hydrogen-bond donors (Lipinski definition) is 2. The summed E-state index contributed by atoms with van der Waals surface area (Å²) in [5, 5.41) is 1.97. The third kappa shape index (κ3) is 2.93. The van der Waals surface area contributed by atoms with E-state index in [0.717, 1.165) is 41.9 Å². The highest BCUT2D eigenvalue weighted by Crippen LogP contribution is 2.31. The smallest absolute Gasteiger partial charge is 0.315 e. The highest BCUT2D eigenvalue weighted by atomic mass is 32.1. The fourth-order valence-corrected chi connectivity index (χ4v) is 4.43. The first-order valence-electron chi connectivity index (χ1n) is 9.35. The molecule has 3 heterocycles. The Balaban J connectivity index is 1.50. The molecule has 1 saturated heterocycles. The highest BCUT2D eigenvalue weighted by Gasteiger charge is 2.32.